The molecule has 3 aromatic rings. The summed E-state index contributed by atoms with van der Waals surface area (Å²) in [6.45, 7) is 6.59. The summed E-state index contributed by atoms with van der Waals surface area (Å²) >= 11 is 0. The van der Waals surface area contributed by atoms with Gasteiger partial charge in [0, 0.05) is 32.1 Å². The normalized spacial score (nSPS) is 14.5. The lowest BCUT2D eigenvalue weighted by atomic mass is 9.98. The minimum atomic E-state index is 0.194. The predicted molar refractivity (Wildman–Crippen MR) is 99.1 cm³/mol. The van der Waals surface area contributed by atoms with Gasteiger partial charge in [-0.3, -0.25) is 4.90 Å². The van der Waals surface area contributed by atoms with Crippen LogP contribution < -0.4 is 4.74 Å². The molecule has 0 unspecified atom stereocenters. The van der Waals surface area contributed by atoms with Crippen LogP contribution in [0.5, 0.6) is 11.5 Å². The van der Waals surface area contributed by atoms with E-state index < -0.39 is 0 Å². The Morgan fingerprint density at radius 2 is 2.04 bits per heavy atom. The number of phenolic OH excluding ortho intramolecular Hbond substituents is 1. The molecule has 2 aromatic carbocycles. The summed E-state index contributed by atoms with van der Waals surface area (Å²) in [7, 11) is 0. The van der Waals surface area contributed by atoms with Gasteiger partial charge in [-0.15, -0.1) is 0 Å². The van der Waals surface area contributed by atoms with E-state index in [-0.39, 0.29) is 5.75 Å². The Bertz CT molecular complexity index is 933. The van der Waals surface area contributed by atoms with Gasteiger partial charge < -0.3 is 14.3 Å². The van der Waals surface area contributed by atoms with E-state index in [1.807, 2.05) is 19.1 Å². The Morgan fingerprint density at radius 3 is 2.81 bits per heavy atom. The molecule has 2 heterocycles. The number of benzene rings is 2. The van der Waals surface area contributed by atoms with Crippen molar-refractivity contribution in [3.05, 3.63) is 65.4 Å². The number of ether oxygens (including phenoxy) is 1. The fourth-order valence-corrected chi connectivity index (χ4v) is 3.45. The van der Waals surface area contributed by atoms with Crippen LogP contribution in [-0.4, -0.2) is 28.1 Å². The van der Waals surface area contributed by atoms with E-state index in [2.05, 4.69) is 35.0 Å². The molecule has 0 bridgehead atoms. The number of oxazole rings is 1. The van der Waals surface area contributed by atoms with Crippen LogP contribution in [0, 0.1) is 13.8 Å². The van der Waals surface area contributed by atoms with Crippen LogP contribution in [0.15, 0.2) is 47.1 Å². The highest BCUT2D eigenvalue weighted by Crippen LogP contribution is 2.38. The lowest BCUT2D eigenvalue weighted by Crippen LogP contribution is -2.25. The van der Waals surface area contributed by atoms with Crippen LogP contribution in [-0.2, 0) is 13.1 Å². The maximum absolute atomic E-state index is 10.5. The zero-order chi connectivity index (χ0) is 18.1. The summed E-state index contributed by atoms with van der Waals surface area (Å²) < 4.78 is 11.1. The summed E-state index contributed by atoms with van der Waals surface area (Å²) in [6, 6.07) is 12.1. The van der Waals surface area contributed by atoms with Crippen molar-refractivity contribution in [2.45, 2.75) is 26.9 Å². The summed E-state index contributed by atoms with van der Waals surface area (Å²) in [4.78, 5) is 6.64. The first-order valence-corrected chi connectivity index (χ1v) is 8.78. The van der Waals surface area contributed by atoms with Crippen LogP contribution in [0.4, 0.5) is 0 Å². The van der Waals surface area contributed by atoms with E-state index in [0.717, 1.165) is 28.9 Å². The minimum absolute atomic E-state index is 0.194. The zero-order valence-electron chi connectivity index (χ0n) is 15.0. The second-order valence-corrected chi connectivity index (χ2v) is 6.72. The van der Waals surface area contributed by atoms with E-state index >= 15 is 0 Å². The quantitative estimate of drug-likeness (QED) is 0.772. The lowest BCUT2D eigenvalue weighted by molar-refractivity contribution is 0.215. The van der Waals surface area contributed by atoms with E-state index in [0.29, 0.717) is 31.3 Å². The van der Waals surface area contributed by atoms with E-state index in [9.17, 15) is 5.11 Å². The van der Waals surface area contributed by atoms with Crippen molar-refractivity contribution < 1.29 is 14.3 Å². The highest BCUT2D eigenvalue weighted by molar-refractivity contribution is 5.71. The molecular formula is C21H22N2O3. The molecule has 134 valence electrons. The molecule has 5 nitrogen and oxygen atoms in total. The second-order valence-electron chi connectivity index (χ2n) is 6.72. The molecule has 0 aliphatic carbocycles. The Labute approximate surface area is 152 Å². The van der Waals surface area contributed by atoms with Crippen LogP contribution in [0.1, 0.15) is 22.7 Å². The molecule has 5 heteroatoms. The zero-order valence-corrected chi connectivity index (χ0v) is 15.0. The predicted octanol–water partition coefficient (Wildman–Crippen LogP) is 4.06. The van der Waals surface area contributed by atoms with Crippen molar-refractivity contribution in [1.82, 2.24) is 9.88 Å². The summed E-state index contributed by atoms with van der Waals surface area (Å²) in [5, 5.41) is 10.5. The molecule has 0 amide bonds. The number of aromatic nitrogens is 1. The third kappa shape index (κ3) is 3.30. The van der Waals surface area contributed by atoms with Crippen molar-refractivity contribution in [3.8, 4) is 22.6 Å². The number of hydrogen-bond donors (Lipinski definition) is 1. The smallest absolute Gasteiger partial charge is 0.191 e. The molecule has 1 aliphatic heterocycles. The standard InChI is InChI=1S/C21H22N2O3/c1-14-5-3-4-6-19(14)16-9-17-11-23(12-18-13-26-15(2)22-18)7-8-25-21(17)20(24)10-16/h3-6,9-10,13,24H,7-8,11-12H2,1-2H3. The topological polar surface area (TPSA) is 58.7 Å². The van der Waals surface area contributed by atoms with Gasteiger partial charge >= 0.3 is 0 Å². The van der Waals surface area contributed by atoms with E-state index in [1.165, 1.54) is 5.56 Å². The maximum atomic E-state index is 10.5. The average Bonchev–Trinajstić information content (AvgIpc) is 2.90. The summed E-state index contributed by atoms with van der Waals surface area (Å²) in [5.41, 5.74) is 5.19. The number of nitrogens with zero attached hydrogens (tertiary/aromatic N) is 2. The number of aromatic hydroxyl groups is 1. The van der Waals surface area contributed by atoms with Gasteiger partial charge in [0.05, 0.1) is 5.69 Å². The molecular weight excluding hydrogens is 328 g/mol. The number of phenols is 1. The van der Waals surface area contributed by atoms with Gasteiger partial charge in [-0.25, -0.2) is 4.98 Å². The monoisotopic (exact) mass is 350 g/mol. The molecule has 26 heavy (non-hydrogen) atoms. The highest BCUT2D eigenvalue weighted by Gasteiger charge is 2.21. The number of aryl methyl sites for hydroxylation is 2. The molecule has 1 aromatic heterocycles. The van der Waals surface area contributed by atoms with Gasteiger partial charge in [0.1, 0.15) is 12.9 Å². The molecule has 0 radical (unpaired) electrons. The van der Waals surface area contributed by atoms with Crippen LogP contribution in [0.3, 0.4) is 0 Å². The number of rotatable bonds is 3. The van der Waals surface area contributed by atoms with Crippen molar-refractivity contribution in [2.75, 3.05) is 13.2 Å². The molecule has 1 N–H and O–H groups in total. The van der Waals surface area contributed by atoms with E-state index in [1.54, 1.807) is 12.3 Å². The third-order valence-corrected chi connectivity index (χ3v) is 4.70. The average molecular weight is 350 g/mol. The van der Waals surface area contributed by atoms with Crippen LogP contribution >= 0.6 is 0 Å². The molecule has 0 saturated carbocycles. The molecule has 1 aliphatic rings. The number of fused-ring (bicyclic) bond motifs is 1. The van der Waals surface area contributed by atoms with Gasteiger partial charge in [-0.1, -0.05) is 24.3 Å². The Balaban J connectivity index is 1.66. The van der Waals surface area contributed by atoms with Gasteiger partial charge in [-0.2, -0.15) is 0 Å². The van der Waals surface area contributed by atoms with Crippen molar-refractivity contribution in [2.24, 2.45) is 0 Å². The molecule has 0 atom stereocenters. The third-order valence-electron chi connectivity index (χ3n) is 4.70. The molecule has 0 saturated heterocycles. The van der Waals surface area contributed by atoms with Crippen LogP contribution in [0.25, 0.3) is 11.1 Å². The minimum Gasteiger partial charge on any atom is -0.504 e. The Kier molecular flexibility index (Phi) is 4.39. The highest BCUT2D eigenvalue weighted by atomic mass is 16.5. The molecule has 4 rings (SSSR count). The van der Waals surface area contributed by atoms with Crippen molar-refractivity contribution >= 4 is 0 Å². The first kappa shape index (κ1) is 16.7. The maximum Gasteiger partial charge on any atom is 0.191 e. The first-order valence-electron chi connectivity index (χ1n) is 8.78. The van der Waals surface area contributed by atoms with E-state index in [4.69, 9.17) is 9.15 Å². The van der Waals surface area contributed by atoms with Crippen molar-refractivity contribution in [1.29, 1.82) is 0 Å². The fraction of sp³-hybridized carbons (Fsp3) is 0.286. The Morgan fingerprint density at radius 1 is 1.19 bits per heavy atom. The largest absolute Gasteiger partial charge is 0.504 e. The Hall–Kier alpha value is -2.79. The summed E-state index contributed by atoms with van der Waals surface area (Å²) in [6.07, 6.45) is 1.70. The van der Waals surface area contributed by atoms with Crippen molar-refractivity contribution in [3.63, 3.8) is 0 Å². The van der Waals surface area contributed by atoms with Gasteiger partial charge in [-0.05, 0) is 35.7 Å². The van der Waals surface area contributed by atoms with Gasteiger partial charge in [0.25, 0.3) is 0 Å². The molecule has 0 spiro atoms. The molecule has 0 fully saturated rings. The SMILES string of the molecule is Cc1nc(CN2CCOc3c(O)cc(-c4ccccc4C)cc3C2)co1. The van der Waals surface area contributed by atoms with Crippen LogP contribution in [0.2, 0.25) is 0 Å². The van der Waals surface area contributed by atoms with Gasteiger partial charge in [0.15, 0.2) is 17.4 Å². The fourth-order valence-electron chi connectivity index (χ4n) is 3.45. The first-order chi connectivity index (χ1) is 12.6. The lowest BCUT2D eigenvalue weighted by Gasteiger charge is -2.18. The second kappa shape index (κ2) is 6.84. The van der Waals surface area contributed by atoms with Gasteiger partial charge in [0.2, 0.25) is 0 Å². The summed E-state index contributed by atoms with van der Waals surface area (Å²) in [5.74, 6) is 1.45. The number of hydrogen-bond acceptors (Lipinski definition) is 5.